The summed E-state index contributed by atoms with van der Waals surface area (Å²) in [6.07, 6.45) is -0.470. The Hall–Kier alpha value is -0.700. The van der Waals surface area contributed by atoms with E-state index in [1.54, 1.807) is 12.1 Å². The van der Waals surface area contributed by atoms with Crippen molar-refractivity contribution in [1.29, 1.82) is 0 Å². The molecular formula is C14H16ClF3. The van der Waals surface area contributed by atoms with Crippen molar-refractivity contribution >= 4 is 11.6 Å². The Morgan fingerprint density at radius 1 is 1.28 bits per heavy atom. The predicted molar refractivity (Wildman–Crippen MR) is 66.7 cm³/mol. The van der Waals surface area contributed by atoms with Crippen molar-refractivity contribution in [3.8, 4) is 0 Å². The van der Waals surface area contributed by atoms with Gasteiger partial charge in [-0.05, 0) is 48.8 Å². The molecule has 2 atom stereocenters. The van der Waals surface area contributed by atoms with Crippen LogP contribution in [0.15, 0.2) is 24.3 Å². The zero-order chi connectivity index (χ0) is 13.4. The highest BCUT2D eigenvalue weighted by atomic mass is 35.5. The van der Waals surface area contributed by atoms with Gasteiger partial charge in [0.25, 0.3) is 0 Å². The second-order valence-corrected chi connectivity index (χ2v) is 6.14. The molecule has 1 aromatic carbocycles. The third-order valence-corrected chi connectivity index (χ3v) is 4.06. The number of benzene rings is 1. The van der Waals surface area contributed by atoms with E-state index >= 15 is 0 Å². The van der Waals surface area contributed by atoms with Crippen molar-refractivity contribution in [3.05, 3.63) is 35.4 Å². The van der Waals surface area contributed by atoms with Gasteiger partial charge >= 0.3 is 6.18 Å². The minimum atomic E-state index is -4.25. The lowest BCUT2D eigenvalue weighted by Crippen LogP contribution is -2.16. The Morgan fingerprint density at radius 3 is 2.33 bits per heavy atom. The third kappa shape index (κ3) is 3.19. The second kappa shape index (κ2) is 4.76. The van der Waals surface area contributed by atoms with E-state index in [4.69, 9.17) is 11.6 Å². The molecule has 0 N–H and O–H groups in total. The van der Waals surface area contributed by atoms with Gasteiger partial charge in [0.2, 0.25) is 0 Å². The largest absolute Gasteiger partial charge is 0.416 e. The lowest BCUT2D eigenvalue weighted by molar-refractivity contribution is -0.137. The summed E-state index contributed by atoms with van der Waals surface area (Å²) in [6.45, 7) is 2.16. The topological polar surface area (TPSA) is 0 Å². The van der Waals surface area contributed by atoms with Gasteiger partial charge in [0.15, 0.2) is 0 Å². The first-order chi connectivity index (χ1) is 8.28. The first-order valence-corrected chi connectivity index (χ1v) is 6.52. The normalized spacial score (nSPS) is 28.6. The lowest BCUT2D eigenvalue weighted by Gasteiger charge is -2.23. The molecule has 0 spiro atoms. The van der Waals surface area contributed by atoms with Crippen molar-refractivity contribution in [3.63, 3.8) is 0 Å². The quantitative estimate of drug-likeness (QED) is 0.664. The molecule has 0 bridgehead atoms. The van der Waals surface area contributed by atoms with Gasteiger partial charge in [0, 0.05) is 5.38 Å². The molecule has 0 saturated heterocycles. The predicted octanol–water partition coefficient (Wildman–Crippen LogP) is 5.05. The highest BCUT2D eigenvalue weighted by Gasteiger charge is 2.34. The standard InChI is InChI=1S/C14H16ClF3/c1-13(7-6-12(15)9-13)8-10-2-4-11(5-3-10)14(16,17)18/h2-5,12H,6-9H2,1H3. The molecule has 0 amide bonds. The first kappa shape index (κ1) is 13.7. The minimum absolute atomic E-state index is 0.131. The van der Waals surface area contributed by atoms with Crippen molar-refractivity contribution < 1.29 is 13.2 Å². The summed E-state index contributed by atoms with van der Waals surface area (Å²) in [6, 6.07) is 5.48. The summed E-state index contributed by atoms with van der Waals surface area (Å²) in [5.41, 5.74) is 0.501. The minimum Gasteiger partial charge on any atom is -0.166 e. The van der Waals surface area contributed by atoms with Crippen LogP contribution in [0.2, 0.25) is 0 Å². The maximum absolute atomic E-state index is 12.4. The Kier molecular flexibility index (Phi) is 3.63. The summed E-state index contributed by atoms with van der Waals surface area (Å²) in [7, 11) is 0. The molecule has 100 valence electrons. The van der Waals surface area contributed by atoms with Gasteiger partial charge in [-0.1, -0.05) is 19.1 Å². The van der Waals surface area contributed by atoms with Crippen LogP contribution in [-0.2, 0) is 12.6 Å². The van der Waals surface area contributed by atoms with E-state index in [1.807, 2.05) is 0 Å². The summed E-state index contributed by atoms with van der Waals surface area (Å²) in [5.74, 6) is 0. The zero-order valence-corrected chi connectivity index (χ0v) is 11.0. The van der Waals surface area contributed by atoms with E-state index in [0.717, 1.165) is 43.4 Å². The van der Waals surface area contributed by atoms with Gasteiger partial charge in [-0.3, -0.25) is 0 Å². The Morgan fingerprint density at radius 2 is 1.89 bits per heavy atom. The van der Waals surface area contributed by atoms with Crippen LogP contribution >= 0.6 is 11.6 Å². The zero-order valence-electron chi connectivity index (χ0n) is 10.2. The fourth-order valence-corrected chi connectivity index (χ4v) is 3.19. The van der Waals surface area contributed by atoms with Gasteiger partial charge in [0.1, 0.15) is 0 Å². The first-order valence-electron chi connectivity index (χ1n) is 6.09. The number of hydrogen-bond acceptors (Lipinski definition) is 0. The molecule has 1 aliphatic carbocycles. The van der Waals surface area contributed by atoms with Crippen LogP contribution in [0.3, 0.4) is 0 Å². The molecule has 1 aliphatic rings. The SMILES string of the molecule is CC1(Cc2ccc(C(F)(F)F)cc2)CCC(Cl)C1. The van der Waals surface area contributed by atoms with Crippen LogP contribution in [0.4, 0.5) is 13.2 Å². The molecule has 0 aliphatic heterocycles. The van der Waals surface area contributed by atoms with Crippen LogP contribution < -0.4 is 0 Å². The third-order valence-electron chi connectivity index (χ3n) is 3.69. The summed E-state index contributed by atoms with van der Waals surface area (Å²) in [5, 5.41) is 0.212. The van der Waals surface area contributed by atoms with Crippen LogP contribution in [0.5, 0.6) is 0 Å². The van der Waals surface area contributed by atoms with Crippen LogP contribution in [0.1, 0.15) is 37.3 Å². The van der Waals surface area contributed by atoms with Crippen molar-refractivity contribution in [1.82, 2.24) is 0 Å². The average Bonchev–Trinajstić information content (AvgIpc) is 2.58. The van der Waals surface area contributed by atoms with Gasteiger partial charge < -0.3 is 0 Å². The molecule has 4 heteroatoms. The van der Waals surface area contributed by atoms with E-state index in [0.29, 0.717) is 0 Å². The molecule has 2 rings (SSSR count). The van der Waals surface area contributed by atoms with E-state index in [9.17, 15) is 13.2 Å². The van der Waals surface area contributed by atoms with E-state index in [2.05, 4.69) is 6.92 Å². The van der Waals surface area contributed by atoms with Gasteiger partial charge in [-0.2, -0.15) is 13.2 Å². The molecule has 0 heterocycles. The van der Waals surface area contributed by atoms with Crippen LogP contribution in [0.25, 0.3) is 0 Å². The molecule has 1 fully saturated rings. The van der Waals surface area contributed by atoms with Crippen molar-refractivity contribution in [2.24, 2.45) is 5.41 Å². The smallest absolute Gasteiger partial charge is 0.166 e. The van der Waals surface area contributed by atoms with Crippen molar-refractivity contribution in [2.45, 2.75) is 44.2 Å². The van der Waals surface area contributed by atoms with E-state index < -0.39 is 11.7 Å². The lowest BCUT2D eigenvalue weighted by atomic mass is 9.82. The molecule has 0 radical (unpaired) electrons. The van der Waals surface area contributed by atoms with Gasteiger partial charge in [-0.15, -0.1) is 11.6 Å². The second-order valence-electron chi connectivity index (χ2n) is 5.52. The maximum atomic E-state index is 12.4. The Bertz CT molecular complexity index is 410. The summed E-state index contributed by atoms with van der Waals surface area (Å²) >= 11 is 6.10. The number of hydrogen-bond donors (Lipinski definition) is 0. The monoisotopic (exact) mass is 276 g/mol. The van der Waals surface area contributed by atoms with E-state index in [-0.39, 0.29) is 10.8 Å². The van der Waals surface area contributed by atoms with Gasteiger partial charge in [0.05, 0.1) is 5.56 Å². The van der Waals surface area contributed by atoms with Gasteiger partial charge in [-0.25, -0.2) is 0 Å². The summed E-state index contributed by atoms with van der Waals surface area (Å²) < 4.78 is 37.3. The summed E-state index contributed by atoms with van der Waals surface area (Å²) in [4.78, 5) is 0. The van der Waals surface area contributed by atoms with Crippen molar-refractivity contribution in [2.75, 3.05) is 0 Å². The Balaban J connectivity index is 2.07. The molecular weight excluding hydrogens is 261 g/mol. The molecule has 1 saturated carbocycles. The molecule has 18 heavy (non-hydrogen) atoms. The fourth-order valence-electron chi connectivity index (χ4n) is 2.71. The molecule has 0 aromatic heterocycles. The van der Waals surface area contributed by atoms with Crippen LogP contribution in [0, 0.1) is 5.41 Å². The van der Waals surface area contributed by atoms with Crippen LogP contribution in [-0.4, -0.2) is 5.38 Å². The van der Waals surface area contributed by atoms with E-state index in [1.165, 1.54) is 0 Å². The highest BCUT2D eigenvalue weighted by Crippen LogP contribution is 2.43. The number of halogens is 4. The fraction of sp³-hybridized carbons (Fsp3) is 0.571. The number of rotatable bonds is 2. The molecule has 2 unspecified atom stereocenters. The average molecular weight is 277 g/mol. The molecule has 1 aromatic rings. The highest BCUT2D eigenvalue weighted by molar-refractivity contribution is 6.20. The number of alkyl halides is 4. The maximum Gasteiger partial charge on any atom is 0.416 e. The molecule has 0 nitrogen and oxygen atoms in total. The Labute approximate surface area is 110 Å².